The maximum atomic E-state index is 12.3. The van der Waals surface area contributed by atoms with Gasteiger partial charge in [0.1, 0.15) is 0 Å². The molecule has 4 N–H and O–H groups in total. The number of urea groups is 1. The van der Waals surface area contributed by atoms with Gasteiger partial charge in [-0.15, -0.1) is 5.06 Å². The Labute approximate surface area is 289 Å². The summed E-state index contributed by atoms with van der Waals surface area (Å²) in [6.45, 7) is 2.88. The van der Waals surface area contributed by atoms with Crippen molar-refractivity contribution in [2.75, 3.05) is 13.1 Å². The fourth-order valence-corrected chi connectivity index (χ4v) is 5.38. The zero-order chi connectivity index (χ0) is 35.9. The molecular weight excluding hydrogens is 652 g/mol. The lowest BCUT2D eigenvalue weighted by molar-refractivity contribution is -0.670. The smallest absolute Gasteiger partial charge is 0.363 e. The highest BCUT2D eigenvalue weighted by molar-refractivity contribution is 6.02. The molecule has 270 valence electrons. The normalized spacial score (nSPS) is 17.4. The molecular formula is C33H44N8O9. The second-order valence-corrected chi connectivity index (χ2v) is 12.2. The van der Waals surface area contributed by atoms with Crippen LogP contribution >= 0.6 is 0 Å². The minimum absolute atomic E-state index is 0.00174. The standard InChI is InChI=1S/C33H44N8O9/c1-22-25(37-33(48)36-22)9-4-2-5-10-26(42)34-19-7-3-6-11-27(43)35-20-8-12-28(44)38-29-21-40(39-49-29)24-15-13-23(14-16-24)32(47)50-41-30(45)17-18-31(41)46/h13-16,21-22,25H,2-12,17-20H2,1H3,(H4-,34,35,36,37,38,39,42,43,44,48). The average molecular weight is 697 g/mol. The molecule has 1 aromatic carbocycles. The van der Waals surface area contributed by atoms with Crippen LogP contribution < -0.4 is 31.1 Å². The maximum Gasteiger partial charge on any atom is 0.363 e. The number of hydroxylamine groups is 2. The van der Waals surface area contributed by atoms with Gasteiger partial charge in [0, 0.05) is 56.9 Å². The van der Waals surface area contributed by atoms with E-state index in [1.165, 1.54) is 35.1 Å². The minimum atomic E-state index is -0.860. The van der Waals surface area contributed by atoms with E-state index in [4.69, 9.17) is 9.36 Å². The summed E-state index contributed by atoms with van der Waals surface area (Å²) in [4.78, 5) is 79.8. The van der Waals surface area contributed by atoms with Crippen LogP contribution in [-0.4, -0.2) is 77.0 Å². The van der Waals surface area contributed by atoms with E-state index >= 15 is 0 Å². The monoisotopic (exact) mass is 696 g/mol. The fraction of sp³-hybridized carbons (Fsp3) is 0.545. The Kier molecular flexibility index (Phi) is 14.2. The average Bonchev–Trinajstić information content (AvgIpc) is 3.78. The van der Waals surface area contributed by atoms with Gasteiger partial charge in [0.25, 0.3) is 18.0 Å². The predicted octanol–water partition coefficient (Wildman–Crippen LogP) is 1.16. The first-order chi connectivity index (χ1) is 24.1. The van der Waals surface area contributed by atoms with Crippen molar-refractivity contribution in [2.45, 2.75) is 102 Å². The molecule has 0 aliphatic carbocycles. The summed E-state index contributed by atoms with van der Waals surface area (Å²) < 4.78 is 6.42. The lowest BCUT2D eigenvalue weighted by atomic mass is 10.0. The van der Waals surface area contributed by atoms with Crippen LogP contribution in [0.5, 0.6) is 0 Å². The summed E-state index contributed by atoms with van der Waals surface area (Å²) in [5.41, 5.74) is 0.599. The quantitative estimate of drug-likeness (QED) is 0.0508. The molecule has 1 aromatic heterocycles. The summed E-state index contributed by atoms with van der Waals surface area (Å²) in [6.07, 6.45) is 8.60. The van der Waals surface area contributed by atoms with Gasteiger partial charge in [0.05, 0.1) is 11.6 Å². The van der Waals surface area contributed by atoms with Gasteiger partial charge < -0.3 is 31.2 Å². The van der Waals surface area contributed by atoms with E-state index in [0.29, 0.717) is 49.5 Å². The third-order valence-corrected chi connectivity index (χ3v) is 8.23. The third kappa shape index (κ3) is 12.0. The van der Waals surface area contributed by atoms with Crippen LogP contribution in [0.3, 0.4) is 0 Å². The molecule has 2 aliphatic rings. The molecule has 2 atom stereocenters. The summed E-state index contributed by atoms with van der Waals surface area (Å²) in [5, 5.41) is 28.0. The molecule has 2 fully saturated rings. The maximum absolute atomic E-state index is 12.3. The zero-order valence-corrected chi connectivity index (χ0v) is 28.1. The molecule has 0 saturated carbocycles. The lowest BCUT2D eigenvalue weighted by Gasteiger charge is -2.13. The van der Waals surface area contributed by atoms with E-state index in [-0.39, 0.29) is 60.6 Å². The molecule has 6 amide bonds. The van der Waals surface area contributed by atoms with Gasteiger partial charge in [-0.3, -0.25) is 23.7 Å². The number of hydrogen-bond acceptors (Lipinski definition) is 11. The number of imide groups is 1. The van der Waals surface area contributed by atoms with Crippen LogP contribution in [0.1, 0.15) is 101 Å². The lowest BCUT2D eigenvalue weighted by Crippen LogP contribution is -2.32. The van der Waals surface area contributed by atoms with E-state index in [2.05, 4.69) is 31.5 Å². The Morgan fingerprint density at radius 3 is 2.20 bits per heavy atom. The van der Waals surface area contributed by atoms with E-state index in [0.717, 1.165) is 38.5 Å². The number of carbonyl (C=O) groups is 6. The van der Waals surface area contributed by atoms with Gasteiger partial charge >= 0.3 is 17.9 Å². The van der Waals surface area contributed by atoms with Gasteiger partial charge in [-0.2, -0.15) is 0 Å². The van der Waals surface area contributed by atoms with Gasteiger partial charge in [-0.25, -0.2) is 14.6 Å². The summed E-state index contributed by atoms with van der Waals surface area (Å²) in [5.74, 6) is -2.55. The Balaban J connectivity index is 1.01. The van der Waals surface area contributed by atoms with Crippen molar-refractivity contribution in [1.29, 1.82) is 0 Å². The van der Waals surface area contributed by atoms with Crippen LogP contribution in [0.25, 0.3) is 5.69 Å². The van der Waals surface area contributed by atoms with Crippen molar-refractivity contribution in [2.24, 2.45) is 4.99 Å². The molecule has 0 radical (unpaired) electrons. The van der Waals surface area contributed by atoms with Crippen LogP contribution in [0, 0.1) is 0 Å². The van der Waals surface area contributed by atoms with Crippen LogP contribution in [0.4, 0.5) is 10.7 Å². The van der Waals surface area contributed by atoms with Gasteiger partial charge in [0.2, 0.25) is 22.8 Å². The topological polar surface area (TPSA) is 228 Å². The second-order valence-electron chi connectivity index (χ2n) is 12.2. The van der Waals surface area contributed by atoms with Crippen molar-refractivity contribution in [3.63, 3.8) is 0 Å². The van der Waals surface area contributed by atoms with E-state index < -0.39 is 23.7 Å². The van der Waals surface area contributed by atoms with E-state index in [9.17, 15) is 33.9 Å². The van der Waals surface area contributed by atoms with E-state index in [1.807, 2.05) is 6.92 Å². The van der Waals surface area contributed by atoms with Crippen molar-refractivity contribution >= 4 is 47.4 Å². The van der Waals surface area contributed by atoms with Crippen LogP contribution in [0.15, 0.2) is 40.0 Å². The van der Waals surface area contributed by atoms with Crippen molar-refractivity contribution < 1.29 is 47.9 Å². The molecule has 0 bridgehead atoms. The fourth-order valence-electron chi connectivity index (χ4n) is 5.38. The number of carbonyl (C=O) groups excluding carboxylic acids is 6. The molecule has 2 aromatic rings. The SMILES string of the molecule is CC1NC(=O)NC1CCCCCC(=O)NCCCCCC(=O)NCCC/C([O-])=N/c1c[n+](-c2ccc(C(=O)ON3C(=O)CCC3=O)cc2)no1. The third-order valence-electron chi connectivity index (χ3n) is 8.23. The van der Waals surface area contributed by atoms with Crippen LogP contribution in [0.2, 0.25) is 0 Å². The Morgan fingerprint density at radius 1 is 0.920 bits per heavy atom. The first-order valence-corrected chi connectivity index (χ1v) is 17.0. The summed E-state index contributed by atoms with van der Waals surface area (Å²) >= 11 is 0. The Morgan fingerprint density at radius 2 is 1.56 bits per heavy atom. The molecule has 17 nitrogen and oxygen atoms in total. The number of rotatable bonds is 20. The van der Waals surface area contributed by atoms with Gasteiger partial charge in [-0.1, -0.05) is 19.3 Å². The highest BCUT2D eigenvalue weighted by atomic mass is 16.7. The number of nitrogens with zero attached hydrogens (tertiary/aromatic N) is 4. The minimum Gasteiger partial charge on any atom is -0.862 e. The van der Waals surface area contributed by atoms with Crippen molar-refractivity contribution in [1.82, 2.24) is 31.6 Å². The highest BCUT2D eigenvalue weighted by Crippen LogP contribution is 2.16. The largest absolute Gasteiger partial charge is 0.862 e. The van der Waals surface area contributed by atoms with Crippen molar-refractivity contribution in [3.8, 4) is 5.69 Å². The van der Waals surface area contributed by atoms with Gasteiger partial charge in [0.15, 0.2) is 0 Å². The molecule has 17 heteroatoms. The molecule has 2 unspecified atom stereocenters. The second kappa shape index (κ2) is 19.0. The van der Waals surface area contributed by atoms with Crippen LogP contribution in [-0.2, 0) is 24.0 Å². The molecule has 50 heavy (non-hydrogen) atoms. The molecule has 0 spiro atoms. The van der Waals surface area contributed by atoms with Crippen molar-refractivity contribution in [3.05, 3.63) is 36.0 Å². The molecule has 2 saturated heterocycles. The number of hydrogen-bond donors (Lipinski definition) is 4. The molecule has 3 heterocycles. The summed E-state index contributed by atoms with van der Waals surface area (Å²) in [6, 6.07) is 6.08. The molecule has 4 rings (SSSR count). The number of aliphatic imine (C=N–C) groups is 1. The number of unbranched alkanes of at least 4 members (excludes halogenated alkanes) is 4. The number of aromatic nitrogens is 2. The predicted molar refractivity (Wildman–Crippen MR) is 173 cm³/mol. The first kappa shape index (κ1) is 37.5. The Hall–Kier alpha value is -5.35. The zero-order valence-electron chi connectivity index (χ0n) is 28.1. The number of nitrogens with one attached hydrogen (secondary N) is 4. The highest BCUT2D eigenvalue weighted by Gasteiger charge is 2.33. The Bertz CT molecular complexity index is 1530. The number of amides is 6. The first-order valence-electron chi connectivity index (χ1n) is 17.0. The molecule has 2 aliphatic heterocycles. The van der Waals surface area contributed by atoms with Gasteiger partial charge in [-0.05, 0) is 68.2 Å². The number of benzene rings is 1. The summed E-state index contributed by atoms with van der Waals surface area (Å²) in [7, 11) is 0. The van der Waals surface area contributed by atoms with E-state index in [1.54, 1.807) is 0 Å².